The van der Waals surface area contributed by atoms with Crippen molar-refractivity contribution in [1.82, 2.24) is 0 Å². The minimum absolute atomic E-state index is 0.170. The van der Waals surface area contributed by atoms with Gasteiger partial charge in [-0.05, 0) is 44.0 Å². The molecule has 0 aromatic heterocycles. The number of benzene rings is 1. The van der Waals surface area contributed by atoms with Gasteiger partial charge in [-0.25, -0.2) is 4.79 Å². The minimum atomic E-state index is -1.03. The maximum absolute atomic E-state index is 12.7. The summed E-state index contributed by atoms with van der Waals surface area (Å²) in [6.07, 6.45) is 4.61. The third-order valence-corrected chi connectivity index (χ3v) is 3.84. The summed E-state index contributed by atoms with van der Waals surface area (Å²) in [4.78, 5) is 23.2. The van der Waals surface area contributed by atoms with Gasteiger partial charge < -0.3 is 19.9 Å². The molecular weight excluding hydrogens is 322 g/mol. The number of carboxylic acid groups (broad SMARTS) is 1. The van der Waals surface area contributed by atoms with Gasteiger partial charge in [-0.15, -0.1) is 0 Å². The zero-order chi connectivity index (χ0) is 18.7. The van der Waals surface area contributed by atoms with E-state index in [4.69, 9.17) is 14.6 Å². The summed E-state index contributed by atoms with van der Waals surface area (Å²) < 4.78 is 10.9. The second-order valence-corrected chi connectivity index (χ2v) is 6.20. The SMILES string of the molecule is CCCCC[C@](C)(OCCC)C(=O)Nc1ccc(OCC(=O)O)cc1. The normalized spacial score (nSPS) is 13.1. The monoisotopic (exact) mass is 351 g/mol. The van der Waals surface area contributed by atoms with Crippen LogP contribution in [-0.2, 0) is 14.3 Å². The summed E-state index contributed by atoms with van der Waals surface area (Å²) in [7, 11) is 0. The summed E-state index contributed by atoms with van der Waals surface area (Å²) in [5.41, 5.74) is -0.238. The van der Waals surface area contributed by atoms with Crippen molar-refractivity contribution in [2.45, 2.75) is 58.5 Å². The van der Waals surface area contributed by atoms with Gasteiger partial charge in [-0.3, -0.25) is 4.79 Å². The van der Waals surface area contributed by atoms with E-state index >= 15 is 0 Å². The van der Waals surface area contributed by atoms with Crippen molar-refractivity contribution in [3.8, 4) is 5.75 Å². The summed E-state index contributed by atoms with van der Waals surface area (Å²) in [5.74, 6) is -0.766. The summed E-state index contributed by atoms with van der Waals surface area (Å²) in [6, 6.07) is 6.61. The van der Waals surface area contributed by atoms with Crippen LogP contribution in [0.4, 0.5) is 5.69 Å². The highest BCUT2D eigenvalue weighted by Gasteiger charge is 2.33. The molecule has 0 aliphatic heterocycles. The minimum Gasteiger partial charge on any atom is -0.482 e. The molecule has 2 N–H and O–H groups in total. The van der Waals surface area contributed by atoms with Gasteiger partial charge in [-0.1, -0.05) is 33.1 Å². The average molecular weight is 351 g/mol. The van der Waals surface area contributed by atoms with E-state index in [0.717, 1.165) is 25.7 Å². The van der Waals surface area contributed by atoms with Crippen LogP contribution in [0.2, 0.25) is 0 Å². The van der Waals surface area contributed by atoms with Crippen LogP contribution in [0.3, 0.4) is 0 Å². The highest BCUT2D eigenvalue weighted by atomic mass is 16.5. The molecule has 6 heteroatoms. The molecule has 0 spiro atoms. The number of carbonyl (C=O) groups excluding carboxylic acids is 1. The van der Waals surface area contributed by atoms with E-state index in [1.807, 2.05) is 13.8 Å². The first kappa shape index (κ1) is 21.0. The van der Waals surface area contributed by atoms with Crippen LogP contribution in [0.25, 0.3) is 0 Å². The Balaban J connectivity index is 2.69. The van der Waals surface area contributed by atoms with Gasteiger partial charge in [0.05, 0.1) is 0 Å². The van der Waals surface area contributed by atoms with Crippen molar-refractivity contribution in [3.63, 3.8) is 0 Å². The lowest BCUT2D eigenvalue weighted by molar-refractivity contribution is -0.140. The van der Waals surface area contributed by atoms with E-state index in [2.05, 4.69) is 12.2 Å². The molecule has 140 valence electrons. The Labute approximate surface area is 149 Å². The molecule has 25 heavy (non-hydrogen) atoms. The second kappa shape index (κ2) is 10.7. The Morgan fingerprint density at radius 3 is 2.36 bits per heavy atom. The van der Waals surface area contributed by atoms with E-state index in [0.29, 0.717) is 24.5 Å². The van der Waals surface area contributed by atoms with E-state index < -0.39 is 18.2 Å². The summed E-state index contributed by atoms with van der Waals surface area (Å²) >= 11 is 0. The molecule has 1 rings (SSSR count). The first-order chi connectivity index (χ1) is 11.9. The predicted molar refractivity (Wildman–Crippen MR) is 97.0 cm³/mol. The van der Waals surface area contributed by atoms with Gasteiger partial charge in [0, 0.05) is 12.3 Å². The van der Waals surface area contributed by atoms with E-state index in [-0.39, 0.29) is 5.91 Å². The molecular formula is C19H29NO5. The van der Waals surface area contributed by atoms with Crippen molar-refractivity contribution in [3.05, 3.63) is 24.3 Å². The van der Waals surface area contributed by atoms with Crippen molar-refractivity contribution < 1.29 is 24.2 Å². The number of anilines is 1. The molecule has 1 aromatic rings. The Kier molecular flexibility index (Phi) is 8.99. The number of amides is 1. The van der Waals surface area contributed by atoms with Crippen molar-refractivity contribution >= 4 is 17.6 Å². The van der Waals surface area contributed by atoms with E-state index in [1.54, 1.807) is 24.3 Å². The maximum Gasteiger partial charge on any atom is 0.341 e. The molecule has 0 saturated heterocycles. The molecule has 1 amide bonds. The molecule has 0 bridgehead atoms. The summed E-state index contributed by atoms with van der Waals surface area (Å²) in [6.45, 7) is 6.11. The molecule has 0 fully saturated rings. The van der Waals surface area contributed by atoms with Gasteiger partial charge >= 0.3 is 5.97 Å². The Morgan fingerprint density at radius 2 is 1.80 bits per heavy atom. The van der Waals surface area contributed by atoms with Crippen LogP contribution in [-0.4, -0.2) is 35.8 Å². The van der Waals surface area contributed by atoms with Crippen LogP contribution in [0.5, 0.6) is 5.75 Å². The molecule has 0 aliphatic rings. The molecule has 0 aliphatic carbocycles. The molecule has 0 saturated carbocycles. The van der Waals surface area contributed by atoms with Crippen LogP contribution < -0.4 is 10.1 Å². The summed E-state index contributed by atoms with van der Waals surface area (Å²) in [5, 5.41) is 11.5. The smallest absolute Gasteiger partial charge is 0.341 e. The van der Waals surface area contributed by atoms with Crippen molar-refractivity contribution in [2.75, 3.05) is 18.5 Å². The molecule has 1 atom stereocenters. The third-order valence-electron chi connectivity index (χ3n) is 3.84. The number of hydrogen-bond donors (Lipinski definition) is 2. The van der Waals surface area contributed by atoms with Crippen LogP contribution in [0.15, 0.2) is 24.3 Å². The quantitative estimate of drug-likeness (QED) is 0.559. The van der Waals surface area contributed by atoms with Gasteiger partial charge in [0.1, 0.15) is 11.4 Å². The fourth-order valence-corrected chi connectivity index (χ4v) is 2.33. The van der Waals surface area contributed by atoms with E-state index in [9.17, 15) is 9.59 Å². The highest BCUT2D eigenvalue weighted by molar-refractivity contribution is 5.97. The molecule has 0 unspecified atom stereocenters. The lowest BCUT2D eigenvalue weighted by Gasteiger charge is -2.28. The predicted octanol–water partition coefficient (Wildman–Crippen LogP) is 3.85. The van der Waals surface area contributed by atoms with Crippen molar-refractivity contribution in [2.24, 2.45) is 0 Å². The maximum atomic E-state index is 12.7. The zero-order valence-corrected chi connectivity index (χ0v) is 15.3. The molecule has 6 nitrogen and oxygen atoms in total. The first-order valence-corrected chi connectivity index (χ1v) is 8.81. The highest BCUT2D eigenvalue weighted by Crippen LogP contribution is 2.23. The Hall–Kier alpha value is -2.08. The fourth-order valence-electron chi connectivity index (χ4n) is 2.33. The number of unbranched alkanes of at least 4 members (excludes halogenated alkanes) is 2. The standard InChI is InChI=1S/C19H29NO5/c1-4-6-7-12-19(3,25-13-5-2)18(23)20-15-8-10-16(11-9-15)24-14-17(21)22/h8-11H,4-7,12-14H2,1-3H3,(H,20,23)(H,21,22)/t19-/m0/s1. The van der Waals surface area contributed by atoms with Gasteiger partial charge in [-0.2, -0.15) is 0 Å². The number of carbonyl (C=O) groups is 2. The number of aliphatic carboxylic acids is 1. The number of nitrogens with one attached hydrogen (secondary N) is 1. The largest absolute Gasteiger partial charge is 0.482 e. The second-order valence-electron chi connectivity index (χ2n) is 6.20. The van der Waals surface area contributed by atoms with Crippen LogP contribution in [0, 0.1) is 0 Å². The molecule has 0 radical (unpaired) electrons. The number of hydrogen-bond acceptors (Lipinski definition) is 4. The molecule has 1 aromatic carbocycles. The van der Waals surface area contributed by atoms with Gasteiger partial charge in [0.2, 0.25) is 0 Å². The lowest BCUT2D eigenvalue weighted by Crippen LogP contribution is -2.43. The van der Waals surface area contributed by atoms with Gasteiger partial charge in [0.15, 0.2) is 6.61 Å². The average Bonchev–Trinajstić information content (AvgIpc) is 2.59. The zero-order valence-electron chi connectivity index (χ0n) is 15.3. The fraction of sp³-hybridized carbons (Fsp3) is 0.579. The van der Waals surface area contributed by atoms with Gasteiger partial charge in [0.25, 0.3) is 5.91 Å². The Morgan fingerprint density at radius 1 is 1.12 bits per heavy atom. The van der Waals surface area contributed by atoms with Crippen LogP contribution >= 0.6 is 0 Å². The first-order valence-electron chi connectivity index (χ1n) is 8.81. The lowest BCUT2D eigenvalue weighted by atomic mass is 9.96. The topological polar surface area (TPSA) is 84.9 Å². The number of carboxylic acids is 1. The number of rotatable bonds is 12. The molecule has 0 heterocycles. The van der Waals surface area contributed by atoms with Crippen LogP contribution in [0.1, 0.15) is 52.9 Å². The van der Waals surface area contributed by atoms with E-state index in [1.165, 1.54) is 0 Å². The third kappa shape index (κ3) is 7.56. The Bertz CT molecular complexity index is 543. The van der Waals surface area contributed by atoms with Crippen molar-refractivity contribution in [1.29, 1.82) is 0 Å². The number of ether oxygens (including phenoxy) is 2.